The number of carbonyl (C=O) groups is 1. The Balaban J connectivity index is 1.72. The Hall–Kier alpha value is -2.29. The predicted molar refractivity (Wildman–Crippen MR) is 99.3 cm³/mol. The second-order valence-corrected chi connectivity index (χ2v) is 7.97. The molecule has 0 spiro atoms. The van der Waals surface area contributed by atoms with Gasteiger partial charge in [0.25, 0.3) is 0 Å². The van der Waals surface area contributed by atoms with Gasteiger partial charge in [-0.3, -0.25) is 9.52 Å². The molecule has 1 aromatic carbocycles. The van der Waals surface area contributed by atoms with Crippen molar-refractivity contribution < 1.29 is 17.9 Å². The van der Waals surface area contributed by atoms with Gasteiger partial charge in [0, 0.05) is 18.4 Å². The second-order valence-electron chi connectivity index (χ2n) is 6.63. The van der Waals surface area contributed by atoms with Gasteiger partial charge >= 0.3 is 10.2 Å². The highest BCUT2D eigenvalue weighted by atomic mass is 32.2. The molecule has 8 nitrogen and oxygen atoms in total. The molecule has 3 rings (SSSR count). The Morgan fingerprint density at radius 3 is 3.00 bits per heavy atom. The van der Waals surface area contributed by atoms with E-state index < -0.39 is 10.2 Å². The Labute approximate surface area is 153 Å². The maximum atomic E-state index is 12.3. The molecule has 2 aliphatic rings. The summed E-state index contributed by atoms with van der Waals surface area (Å²) in [6.45, 7) is 3.08. The van der Waals surface area contributed by atoms with Crippen molar-refractivity contribution >= 4 is 27.6 Å². The first-order chi connectivity index (χ1) is 12.4. The van der Waals surface area contributed by atoms with Crippen LogP contribution in [0.5, 0.6) is 5.75 Å². The minimum Gasteiger partial charge on any atom is -0.492 e. The SMILES string of the molecule is CCCNC(=O)C1CCC[C@@H]1COc1cccc2c1C(N)=NS(=O)(=O)N2. The van der Waals surface area contributed by atoms with Crippen molar-refractivity contribution in [3.8, 4) is 5.75 Å². The van der Waals surface area contributed by atoms with Gasteiger partial charge in [-0.05, 0) is 31.4 Å². The molecule has 1 aromatic rings. The Bertz CT molecular complexity index is 822. The summed E-state index contributed by atoms with van der Waals surface area (Å²) in [6.07, 6.45) is 3.69. The smallest absolute Gasteiger partial charge is 0.344 e. The zero-order valence-corrected chi connectivity index (χ0v) is 15.5. The summed E-state index contributed by atoms with van der Waals surface area (Å²) in [5.74, 6) is 0.525. The van der Waals surface area contributed by atoms with Crippen molar-refractivity contribution in [3.63, 3.8) is 0 Å². The molecule has 9 heteroatoms. The van der Waals surface area contributed by atoms with E-state index in [0.717, 1.165) is 25.7 Å². The van der Waals surface area contributed by atoms with Crippen molar-refractivity contribution in [1.82, 2.24) is 5.32 Å². The summed E-state index contributed by atoms with van der Waals surface area (Å²) in [4.78, 5) is 12.3. The maximum absolute atomic E-state index is 12.3. The van der Waals surface area contributed by atoms with Crippen LogP contribution in [0.1, 0.15) is 38.2 Å². The van der Waals surface area contributed by atoms with E-state index in [9.17, 15) is 13.2 Å². The van der Waals surface area contributed by atoms with E-state index in [1.54, 1.807) is 18.2 Å². The lowest BCUT2D eigenvalue weighted by atomic mass is 9.96. The lowest BCUT2D eigenvalue weighted by molar-refractivity contribution is -0.126. The summed E-state index contributed by atoms with van der Waals surface area (Å²) < 4.78 is 35.1. The third-order valence-corrected chi connectivity index (χ3v) is 5.65. The van der Waals surface area contributed by atoms with Gasteiger partial charge < -0.3 is 15.8 Å². The Morgan fingerprint density at radius 2 is 2.23 bits per heavy atom. The van der Waals surface area contributed by atoms with Crippen molar-refractivity contribution in [2.45, 2.75) is 32.6 Å². The Morgan fingerprint density at radius 1 is 1.42 bits per heavy atom. The zero-order valence-electron chi connectivity index (χ0n) is 14.7. The van der Waals surface area contributed by atoms with Crippen LogP contribution in [0.3, 0.4) is 0 Å². The fourth-order valence-electron chi connectivity index (χ4n) is 3.50. The average Bonchev–Trinajstić information content (AvgIpc) is 3.05. The number of hydrogen-bond donors (Lipinski definition) is 3. The van der Waals surface area contributed by atoms with E-state index in [0.29, 0.717) is 30.2 Å². The zero-order chi connectivity index (χ0) is 18.7. The first-order valence-electron chi connectivity index (χ1n) is 8.83. The first-order valence-corrected chi connectivity index (χ1v) is 10.3. The molecule has 0 radical (unpaired) electrons. The van der Waals surface area contributed by atoms with Gasteiger partial charge in [-0.2, -0.15) is 8.42 Å². The molecular weight excluding hydrogens is 356 g/mol. The lowest BCUT2D eigenvalue weighted by Gasteiger charge is -2.22. The number of amides is 1. The van der Waals surface area contributed by atoms with E-state index in [1.807, 2.05) is 6.92 Å². The highest BCUT2D eigenvalue weighted by Crippen LogP contribution is 2.35. The molecule has 4 N–H and O–H groups in total. The van der Waals surface area contributed by atoms with Gasteiger partial charge in [0.1, 0.15) is 5.75 Å². The minimum absolute atomic E-state index is 0.0504. The molecule has 1 aliphatic heterocycles. The standard InChI is InChI=1S/C17H24N4O4S/c1-2-9-19-17(22)12-6-3-5-11(12)10-25-14-8-4-7-13-15(14)16(18)21-26(23,24)20-13/h4,7-8,11-12,20H,2-3,5-6,9-10H2,1H3,(H2,18,21)(H,19,22)/t11-,12?/m1/s1. The number of rotatable bonds is 6. The van der Waals surface area contributed by atoms with Crippen molar-refractivity contribution in [1.29, 1.82) is 0 Å². The monoisotopic (exact) mass is 380 g/mol. The number of nitrogens with zero attached hydrogens (tertiary/aromatic N) is 1. The van der Waals surface area contributed by atoms with Crippen LogP contribution in [0, 0.1) is 11.8 Å². The molecule has 1 unspecified atom stereocenters. The number of benzene rings is 1. The quantitative estimate of drug-likeness (QED) is 0.688. The van der Waals surface area contributed by atoms with E-state index in [2.05, 4.69) is 14.4 Å². The number of amidine groups is 1. The van der Waals surface area contributed by atoms with Gasteiger partial charge in [-0.25, -0.2) is 0 Å². The summed E-state index contributed by atoms with van der Waals surface area (Å²) in [5, 5.41) is 2.96. The van der Waals surface area contributed by atoms with Crippen LogP contribution in [0.15, 0.2) is 22.6 Å². The molecule has 0 saturated heterocycles. The van der Waals surface area contributed by atoms with Gasteiger partial charge in [0.05, 0.1) is 17.9 Å². The summed E-state index contributed by atoms with van der Waals surface area (Å²) in [6, 6.07) is 5.02. The van der Waals surface area contributed by atoms with Crippen LogP contribution in [0.2, 0.25) is 0 Å². The van der Waals surface area contributed by atoms with Crippen molar-refractivity contribution in [2.75, 3.05) is 17.9 Å². The molecule has 1 fully saturated rings. The molecule has 0 bridgehead atoms. The van der Waals surface area contributed by atoms with E-state index in [1.165, 1.54) is 0 Å². The number of nitrogens with one attached hydrogen (secondary N) is 2. The second kappa shape index (κ2) is 7.53. The van der Waals surface area contributed by atoms with Gasteiger partial charge in [-0.1, -0.05) is 19.4 Å². The fraction of sp³-hybridized carbons (Fsp3) is 0.529. The molecule has 142 valence electrons. The van der Waals surface area contributed by atoms with Crippen LogP contribution in [0.25, 0.3) is 0 Å². The predicted octanol–water partition coefficient (Wildman–Crippen LogP) is 1.38. The molecular formula is C17H24N4O4S. The number of anilines is 1. The summed E-state index contributed by atoms with van der Waals surface area (Å²) in [7, 11) is -3.82. The van der Waals surface area contributed by atoms with Crippen LogP contribution in [0.4, 0.5) is 5.69 Å². The number of nitrogens with two attached hydrogens (primary N) is 1. The topological polar surface area (TPSA) is 123 Å². The van der Waals surface area contributed by atoms with Crippen molar-refractivity contribution in [3.05, 3.63) is 23.8 Å². The molecule has 0 aromatic heterocycles. The van der Waals surface area contributed by atoms with Gasteiger partial charge in [0.2, 0.25) is 5.91 Å². The fourth-order valence-corrected chi connectivity index (χ4v) is 4.34. The van der Waals surface area contributed by atoms with Crippen molar-refractivity contribution in [2.24, 2.45) is 22.0 Å². The Kier molecular flexibility index (Phi) is 5.36. The lowest BCUT2D eigenvalue weighted by Crippen LogP contribution is -2.35. The van der Waals surface area contributed by atoms with Gasteiger partial charge in [0.15, 0.2) is 5.84 Å². The van der Waals surface area contributed by atoms with Crippen LogP contribution >= 0.6 is 0 Å². The number of carbonyl (C=O) groups excluding carboxylic acids is 1. The van der Waals surface area contributed by atoms with E-state index in [-0.39, 0.29) is 23.6 Å². The van der Waals surface area contributed by atoms with Crippen LogP contribution < -0.4 is 20.5 Å². The third kappa shape index (κ3) is 3.92. The van der Waals surface area contributed by atoms with Crippen LogP contribution in [-0.4, -0.2) is 33.3 Å². The number of ether oxygens (including phenoxy) is 1. The van der Waals surface area contributed by atoms with E-state index in [4.69, 9.17) is 10.5 Å². The average molecular weight is 380 g/mol. The first kappa shape index (κ1) is 18.5. The number of fused-ring (bicyclic) bond motifs is 1. The highest BCUT2D eigenvalue weighted by Gasteiger charge is 2.33. The summed E-state index contributed by atoms with van der Waals surface area (Å²) in [5.41, 5.74) is 6.61. The number of hydrogen-bond acceptors (Lipinski definition) is 5. The normalized spacial score (nSPS) is 23.5. The van der Waals surface area contributed by atoms with E-state index >= 15 is 0 Å². The molecule has 1 aliphatic carbocycles. The molecule has 1 amide bonds. The maximum Gasteiger partial charge on any atom is 0.344 e. The van der Waals surface area contributed by atoms with Gasteiger partial charge in [-0.15, -0.1) is 4.40 Å². The molecule has 1 saturated carbocycles. The highest BCUT2D eigenvalue weighted by molar-refractivity contribution is 7.91. The molecule has 2 atom stereocenters. The van der Waals surface area contributed by atoms with Crippen LogP contribution in [-0.2, 0) is 15.0 Å². The summed E-state index contributed by atoms with van der Waals surface area (Å²) >= 11 is 0. The minimum atomic E-state index is -3.82. The third-order valence-electron chi connectivity index (χ3n) is 4.74. The molecule has 26 heavy (non-hydrogen) atoms. The largest absolute Gasteiger partial charge is 0.492 e. The molecule has 1 heterocycles.